The molecule has 0 aliphatic heterocycles. The van der Waals surface area contributed by atoms with E-state index in [4.69, 9.17) is 0 Å². The number of halogens is 2. The van der Waals surface area contributed by atoms with E-state index in [2.05, 4.69) is 13.8 Å². The highest BCUT2D eigenvalue weighted by Crippen LogP contribution is 2.35. The van der Waals surface area contributed by atoms with E-state index in [0.29, 0.717) is 11.8 Å². The first-order chi connectivity index (χ1) is 8.49. The lowest BCUT2D eigenvalue weighted by molar-refractivity contribution is 0.0833. The van der Waals surface area contributed by atoms with Gasteiger partial charge in [-0.15, -0.1) is 0 Å². The van der Waals surface area contributed by atoms with Crippen molar-refractivity contribution in [2.75, 3.05) is 0 Å². The predicted molar refractivity (Wildman–Crippen MR) is 66.4 cm³/mol. The van der Waals surface area contributed by atoms with Crippen LogP contribution in [0.5, 0.6) is 0 Å². The second-order valence-electron chi connectivity index (χ2n) is 5.45. The van der Waals surface area contributed by atoms with Crippen molar-refractivity contribution in [3.05, 3.63) is 35.4 Å². The SMILES string of the molecule is CC1CCC(C(=O)c2ccc(F)cc2F)CC1C. The van der Waals surface area contributed by atoms with Crippen molar-refractivity contribution in [3.63, 3.8) is 0 Å². The van der Waals surface area contributed by atoms with E-state index in [-0.39, 0.29) is 17.3 Å². The lowest BCUT2D eigenvalue weighted by atomic mass is 9.73. The van der Waals surface area contributed by atoms with Crippen molar-refractivity contribution in [1.82, 2.24) is 0 Å². The molecule has 1 aromatic rings. The molecule has 3 unspecified atom stereocenters. The minimum atomic E-state index is -0.744. The third kappa shape index (κ3) is 2.60. The maximum Gasteiger partial charge on any atom is 0.168 e. The van der Waals surface area contributed by atoms with E-state index < -0.39 is 11.6 Å². The van der Waals surface area contributed by atoms with Gasteiger partial charge in [0, 0.05) is 12.0 Å². The number of Topliss-reactive ketones (excluding diaryl/α,β-unsaturated/α-hetero) is 1. The normalized spacial score (nSPS) is 28.1. The number of ketones is 1. The smallest absolute Gasteiger partial charge is 0.168 e. The molecule has 1 nitrogen and oxygen atoms in total. The van der Waals surface area contributed by atoms with E-state index in [1.807, 2.05) is 0 Å². The Labute approximate surface area is 106 Å². The van der Waals surface area contributed by atoms with E-state index in [1.165, 1.54) is 6.07 Å². The fourth-order valence-electron chi connectivity index (χ4n) is 2.69. The average Bonchev–Trinajstić information content (AvgIpc) is 2.32. The summed E-state index contributed by atoms with van der Waals surface area (Å²) in [5.41, 5.74) is 0.0307. The molecule has 18 heavy (non-hydrogen) atoms. The van der Waals surface area contributed by atoms with Crippen LogP contribution in [0.15, 0.2) is 18.2 Å². The number of benzene rings is 1. The van der Waals surface area contributed by atoms with Crippen molar-refractivity contribution >= 4 is 5.78 Å². The van der Waals surface area contributed by atoms with Gasteiger partial charge in [-0.05, 0) is 43.2 Å². The summed E-state index contributed by atoms with van der Waals surface area (Å²) < 4.78 is 26.4. The summed E-state index contributed by atoms with van der Waals surface area (Å²) in [6.07, 6.45) is 2.61. The van der Waals surface area contributed by atoms with Crippen molar-refractivity contribution in [2.45, 2.75) is 33.1 Å². The highest BCUT2D eigenvalue weighted by molar-refractivity contribution is 5.98. The third-order valence-corrected chi connectivity index (χ3v) is 4.17. The second-order valence-corrected chi connectivity index (χ2v) is 5.45. The molecule has 0 N–H and O–H groups in total. The maximum atomic E-state index is 13.6. The fraction of sp³-hybridized carbons (Fsp3) is 0.533. The first-order valence-electron chi connectivity index (χ1n) is 6.48. The van der Waals surface area contributed by atoms with Gasteiger partial charge in [0.1, 0.15) is 11.6 Å². The maximum absolute atomic E-state index is 13.6. The van der Waals surface area contributed by atoms with Gasteiger partial charge in [0.05, 0.1) is 5.56 Å². The first-order valence-corrected chi connectivity index (χ1v) is 6.48. The topological polar surface area (TPSA) is 17.1 Å². The Hall–Kier alpha value is -1.25. The quantitative estimate of drug-likeness (QED) is 0.720. The van der Waals surface area contributed by atoms with Crippen LogP contribution in [0.3, 0.4) is 0 Å². The predicted octanol–water partition coefficient (Wildman–Crippen LogP) is 4.22. The van der Waals surface area contributed by atoms with Gasteiger partial charge >= 0.3 is 0 Å². The molecule has 2 rings (SSSR count). The fourth-order valence-corrected chi connectivity index (χ4v) is 2.69. The largest absolute Gasteiger partial charge is 0.294 e. The minimum Gasteiger partial charge on any atom is -0.294 e. The molecule has 1 aliphatic carbocycles. The summed E-state index contributed by atoms with van der Waals surface area (Å²) in [6, 6.07) is 3.18. The van der Waals surface area contributed by atoms with Gasteiger partial charge in [0.25, 0.3) is 0 Å². The van der Waals surface area contributed by atoms with Crippen molar-refractivity contribution in [3.8, 4) is 0 Å². The van der Waals surface area contributed by atoms with Gasteiger partial charge in [-0.2, -0.15) is 0 Å². The zero-order valence-corrected chi connectivity index (χ0v) is 10.7. The van der Waals surface area contributed by atoms with E-state index in [9.17, 15) is 13.6 Å². The van der Waals surface area contributed by atoms with Crippen LogP contribution in [0.1, 0.15) is 43.5 Å². The molecular weight excluding hydrogens is 234 g/mol. The van der Waals surface area contributed by atoms with Crippen LogP contribution < -0.4 is 0 Å². The van der Waals surface area contributed by atoms with Crippen LogP contribution in [0.4, 0.5) is 8.78 Å². The summed E-state index contributed by atoms with van der Waals surface area (Å²) >= 11 is 0. The van der Waals surface area contributed by atoms with Crippen LogP contribution in [0.2, 0.25) is 0 Å². The monoisotopic (exact) mass is 252 g/mol. The molecule has 98 valence electrons. The number of hydrogen-bond acceptors (Lipinski definition) is 1. The van der Waals surface area contributed by atoms with Crippen LogP contribution >= 0.6 is 0 Å². The number of rotatable bonds is 2. The van der Waals surface area contributed by atoms with Gasteiger partial charge < -0.3 is 0 Å². The lowest BCUT2D eigenvalue weighted by Crippen LogP contribution is -2.27. The molecule has 0 saturated heterocycles. The number of carbonyl (C=O) groups is 1. The molecule has 0 radical (unpaired) electrons. The van der Waals surface area contributed by atoms with Gasteiger partial charge in [0.15, 0.2) is 5.78 Å². The Bertz CT molecular complexity index is 456. The van der Waals surface area contributed by atoms with E-state index in [1.54, 1.807) is 0 Å². The van der Waals surface area contributed by atoms with Crippen LogP contribution in [0.25, 0.3) is 0 Å². The Kier molecular flexibility index (Phi) is 3.79. The molecule has 0 aromatic heterocycles. The molecule has 3 atom stereocenters. The molecule has 1 aliphatic rings. The molecule has 0 heterocycles. The molecule has 1 aromatic carbocycles. The number of carbonyl (C=O) groups excluding carboxylic acids is 1. The van der Waals surface area contributed by atoms with Gasteiger partial charge in [-0.1, -0.05) is 13.8 Å². The summed E-state index contributed by atoms with van der Waals surface area (Å²) in [5, 5.41) is 0. The highest BCUT2D eigenvalue weighted by Gasteiger charge is 2.30. The second kappa shape index (κ2) is 5.17. The van der Waals surface area contributed by atoms with Gasteiger partial charge in [-0.3, -0.25) is 4.79 Å². The minimum absolute atomic E-state index is 0.0307. The lowest BCUT2D eigenvalue weighted by Gasteiger charge is -2.31. The summed E-state index contributed by atoms with van der Waals surface area (Å²) in [5.74, 6) is -0.577. The Morgan fingerprint density at radius 2 is 1.89 bits per heavy atom. The van der Waals surface area contributed by atoms with Crippen molar-refractivity contribution in [2.24, 2.45) is 17.8 Å². The van der Waals surface area contributed by atoms with Gasteiger partial charge in [-0.25, -0.2) is 8.78 Å². The number of hydrogen-bond donors (Lipinski definition) is 0. The third-order valence-electron chi connectivity index (χ3n) is 4.17. The zero-order valence-electron chi connectivity index (χ0n) is 10.7. The van der Waals surface area contributed by atoms with E-state index >= 15 is 0 Å². The first kappa shape index (κ1) is 13.2. The van der Waals surface area contributed by atoms with Crippen molar-refractivity contribution < 1.29 is 13.6 Å². The van der Waals surface area contributed by atoms with Crippen LogP contribution in [-0.2, 0) is 0 Å². The van der Waals surface area contributed by atoms with Crippen LogP contribution in [-0.4, -0.2) is 5.78 Å². The Morgan fingerprint density at radius 1 is 1.17 bits per heavy atom. The van der Waals surface area contributed by atoms with Crippen molar-refractivity contribution in [1.29, 1.82) is 0 Å². The molecule has 3 heteroatoms. The highest BCUT2D eigenvalue weighted by atomic mass is 19.1. The standard InChI is InChI=1S/C15H18F2O/c1-9-3-4-11(7-10(9)2)15(18)13-6-5-12(16)8-14(13)17/h5-6,8-11H,3-4,7H2,1-2H3. The van der Waals surface area contributed by atoms with Crippen LogP contribution in [0, 0.1) is 29.4 Å². The molecular formula is C15H18F2O. The molecule has 0 spiro atoms. The summed E-state index contributed by atoms with van der Waals surface area (Å²) in [4.78, 5) is 12.2. The summed E-state index contributed by atoms with van der Waals surface area (Å²) in [7, 11) is 0. The average molecular weight is 252 g/mol. The van der Waals surface area contributed by atoms with Gasteiger partial charge in [0.2, 0.25) is 0 Å². The van der Waals surface area contributed by atoms with E-state index in [0.717, 1.165) is 31.4 Å². The zero-order chi connectivity index (χ0) is 13.3. The molecule has 1 saturated carbocycles. The Morgan fingerprint density at radius 3 is 2.50 bits per heavy atom. The molecule has 1 fully saturated rings. The molecule has 0 amide bonds. The summed E-state index contributed by atoms with van der Waals surface area (Å²) in [6.45, 7) is 4.31. The molecule has 0 bridgehead atoms. The Balaban J connectivity index is 2.16.